The molecule has 1 rings (SSSR count). The van der Waals surface area contributed by atoms with Crippen molar-refractivity contribution in [2.24, 2.45) is 0 Å². The monoisotopic (exact) mass is 194 g/mol. The van der Waals surface area contributed by atoms with Crippen LogP contribution in [-0.4, -0.2) is 9.79 Å². The van der Waals surface area contributed by atoms with Crippen LogP contribution in [0.25, 0.3) is 0 Å². The van der Waals surface area contributed by atoms with E-state index in [0.717, 1.165) is 16.9 Å². The first-order valence-corrected chi connectivity index (χ1v) is 5.19. The quantitative estimate of drug-likeness (QED) is 0.700. The standard InChI is InChI=1S/C5H7O4PS/c1-4-2-3-11-5(4)9-10(6,7)8/h2-3H,1H3,(H2,6,7,8). The van der Waals surface area contributed by atoms with E-state index < -0.39 is 7.82 Å². The highest BCUT2D eigenvalue weighted by Crippen LogP contribution is 2.41. The lowest BCUT2D eigenvalue weighted by molar-refractivity contribution is 0.285. The van der Waals surface area contributed by atoms with Crippen molar-refractivity contribution in [3.63, 3.8) is 0 Å². The summed E-state index contributed by atoms with van der Waals surface area (Å²) in [5.74, 6) is 0. The maximum Gasteiger partial charge on any atom is 0.525 e. The lowest BCUT2D eigenvalue weighted by Crippen LogP contribution is -1.88. The first-order valence-electron chi connectivity index (χ1n) is 2.78. The topological polar surface area (TPSA) is 66.8 Å². The molecule has 4 nitrogen and oxygen atoms in total. The van der Waals surface area contributed by atoms with Crippen LogP contribution in [0.2, 0.25) is 0 Å². The summed E-state index contributed by atoms with van der Waals surface area (Å²) in [5, 5.41) is 1.98. The minimum Gasteiger partial charge on any atom is -0.393 e. The molecule has 62 valence electrons. The third-order valence-electron chi connectivity index (χ3n) is 1.02. The fraction of sp³-hybridized carbons (Fsp3) is 0.200. The van der Waals surface area contributed by atoms with Gasteiger partial charge in [-0.3, -0.25) is 9.79 Å². The molecule has 2 N–H and O–H groups in total. The number of thiophene rings is 1. The fourth-order valence-electron chi connectivity index (χ4n) is 0.560. The van der Waals surface area contributed by atoms with Gasteiger partial charge >= 0.3 is 7.82 Å². The molecule has 0 radical (unpaired) electrons. The van der Waals surface area contributed by atoms with Crippen molar-refractivity contribution in [1.29, 1.82) is 0 Å². The largest absolute Gasteiger partial charge is 0.525 e. The predicted octanol–water partition coefficient (Wildman–Crippen LogP) is 1.53. The Kier molecular flexibility index (Phi) is 2.34. The van der Waals surface area contributed by atoms with Crippen molar-refractivity contribution in [2.75, 3.05) is 0 Å². The van der Waals surface area contributed by atoms with Gasteiger partial charge in [-0.1, -0.05) is 0 Å². The highest BCUT2D eigenvalue weighted by molar-refractivity contribution is 7.47. The van der Waals surface area contributed by atoms with Gasteiger partial charge in [0, 0.05) is 5.56 Å². The molecule has 0 aromatic carbocycles. The molecule has 0 amide bonds. The van der Waals surface area contributed by atoms with E-state index in [4.69, 9.17) is 9.79 Å². The van der Waals surface area contributed by atoms with Gasteiger partial charge in [0.2, 0.25) is 0 Å². The fourth-order valence-corrected chi connectivity index (χ4v) is 2.03. The SMILES string of the molecule is Cc1ccsc1OP(=O)(O)O. The summed E-state index contributed by atoms with van der Waals surface area (Å²) >= 11 is 1.16. The summed E-state index contributed by atoms with van der Waals surface area (Å²) in [6.07, 6.45) is 0. The van der Waals surface area contributed by atoms with Crippen molar-refractivity contribution in [3.05, 3.63) is 17.0 Å². The van der Waals surface area contributed by atoms with Crippen LogP contribution in [0.5, 0.6) is 5.06 Å². The van der Waals surface area contributed by atoms with Crippen LogP contribution in [0.3, 0.4) is 0 Å². The average molecular weight is 194 g/mol. The van der Waals surface area contributed by atoms with Crippen LogP contribution in [-0.2, 0) is 4.57 Å². The molecule has 1 aromatic heterocycles. The molecule has 11 heavy (non-hydrogen) atoms. The Labute approximate surface area is 67.7 Å². The number of aryl methyl sites for hydroxylation is 1. The molecule has 1 heterocycles. The van der Waals surface area contributed by atoms with Crippen molar-refractivity contribution < 1.29 is 18.9 Å². The normalized spacial score (nSPS) is 11.5. The van der Waals surface area contributed by atoms with Crippen LogP contribution in [0.1, 0.15) is 5.56 Å². The molecule has 1 aromatic rings. The molecule has 0 spiro atoms. The van der Waals surface area contributed by atoms with Gasteiger partial charge in [0.1, 0.15) is 0 Å². The van der Waals surface area contributed by atoms with Crippen LogP contribution in [0, 0.1) is 6.92 Å². The van der Waals surface area contributed by atoms with Crippen molar-refractivity contribution >= 4 is 19.2 Å². The van der Waals surface area contributed by atoms with Gasteiger partial charge in [0.15, 0.2) is 5.06 Å². The Hall–Kier alpha value is -0.350. The van der Waals surface area contributed by atoms with E-state index in [-0.39, 0.29) is 5.06 Å². The lowest BCUT2D eigenvalue weighted by atomic mass is 10.4. The maximum atomic E-state index is 10.3. The van der Waals surface area contributed by atoms with E-state index in [2.05, 4.69) is 4.52 Å². The molecule has 6 heteroatoms. The van der Waals surface area contributed by atoms with Crippen LogP contribution < -0.4 is 4.52 Å². The maximum absolute atomic E-state index is 10.3. The summed E-state index contributed by atoms with van der Waals surface area (Å²) in [7, 11) is -4.37. The molecular weight excluding hydrogens is 187 g/mol. The zero-order chi connectivity index (χ0) is 8.48. The first kappa shape index (κ1) is 8.74. The van der Waals surface area contributed by atoms with E-state index in [1.807, 2.05) is 0 Å². The number of phosphoric ester groups is 1. The van der Waals surface area contributed by atoms with Crippen LogP contribution >= 0.6 is 19.2 Å². The number of hydrogen-bond acceptors (Lipinski definition) is 3. The van der Waals surface area contributed by atoms with Crippen molar-refractivity contribution in [1.82, 2.24) is 0 Å². The van der Waals surface area contributed by atoms with Gasteiger partial charge in [-0.15, -0.1) is 11.3 Å². The Morgan fingerprint density at radius 2 is 2.27 bits per heavy atom. The van der Waals surface area contributed by atoms with Crippen LogP contribution in [0.4, 0.5) is 0 Å². The summed E-state index contributed by atoms with van der Waals surface area (Å²) in [6, 6.07) is 1.73. The zero-order valence-corrected chi connectivity index (χ0v) is 7.43. The van der Waals surface area contributed by atoms with E-state index in [1.165, 1.54) is 0 Å². The number of hydrogen-bond donors (Lipinski definition) is 2. The van der Waals surface area contributed by atoms with Gasteiger partial charge in [-0.25, -0.2) is 4.57 Å². The van der Waals surface area contributed by atoms with Gasteiger partial charge in [0.05, 0.1) is 0 Å². The highest BCUT2D eigenvalue weighted by atomic mass is 32.1. The van der Waals surface area contributed by atoms with Gasteiger partial charge in [-0.2, -0.15) is 0 Å². The molecule has 0 atom stereocenters. The average Bonchev–Trinajstić information content (AvgIpc) is 2.12. The first-order chi connectivity index (χ1) is 4.99. The minimum atomic E-state index is -4.37. The lowest BCUT2D eigenvalue weighted by Gasteiger charge is -2.03. The number of phosphoric acid groups is 1. The van der Waals surface area contributed by atoms with E-state index in [1.54, 1.807) is 18.4 Å². The smallest absolute Gasteiger partial charge is 0.393 e. The third-order valence-corrected chi connectivity index (χ3v) is 2.45. The Morgan fingerprint density at radius 1 is 1.64 bits per heavy atom. The molecular formula is C5H7O4PS. The molecule has 0 aliphatic carbocycles. The second kappa shape index (κ2) is 2.95. The number of rotatable bonds is 2. The molecule has 0 fully saturated rings. The summed E-state index contributed by atoms with van der Waals surface area (Å²) < 4.78 is 14.7. The van der Waals surface area contributed by atoms with E-state index in [0.29, 0.717) is 0 Å². The van der Waals surface area contributed by atoms with Crippen molar-refractivity contribution in [2.45, 2.75) is 6.92 Å². The second-order valence-electron chi connectivity index (χ2n) is 1.97. The Morgan fingerprint density at radius 3 is 2.64 bits per heavy atom. The highest BCUT2D eigenvalue weighted by Gasteiger charge is 2.17. The molecule has 0 saturated heterocycles. The van der Waals surface area contributed by atoms with Gasteiger partial charge < -0.3 is 4.52 Å². The molecule has 0 aliphatic heterocycles. The van der Waals surface area contributed by atoms with Crippen LogP contribution in [0.15, 0.2) is 11.4 Å². The van der Waals surface area contributed by atoms with Gasteiger partial charge in [0.25, 0.3) is 0 Å². The Bertz CT molecular complexity index is 288. The second-order valence-corrected chi connectivity index (χ2v) is 4.02. The molecule has 0 bridgehead atoms. The molecule has 0 unspecified atom stereocenters. The van der Waals surface area contributed by atoms with E-state index >= 15 is 0 Å². The summed E-state index contributed by atoms with van der Waals surface area (Å²) in [5.41, 5.74) is 0.735. The van der Waals surface area contributed by atoms with E-state index in [9.17, 15) is 4.57 Å². The summed E-state index contributed by atoms with van der Waals surface area (Å²) in [6.45, 7) is 1.72. The van der Waals surface area contributed by atoms with Gasteiger partial charge in [-0.05, 0) is 18.4 Å². The molecule has 0 saturated carbocycles. The zero-order valence-electron chi connectivity index (χ0n) is 5.72. The predicted molar refractivity (Wildman–Crippen MR) is 41.7 cm³/mol. The van der Waals surface area contributed by atoms with Crippen molar-refractivity contribution in [3.8, 4) is 5.06 Å². The summed E-state index contributed by atoms with van der Waals surface area (Å²) in [4.78, 5) is 16.8. The molecule has 0 aliphatic rings. The third kappa shape index (κ3) is 2.63. The minimum absolute atomic E-state index is 0.276. The Balaban J connectivity index is 2.80.